The van der Waals surface area contributed by atoms with Gasteiger partial charge < -0.3 is 5.32 Å². The minimum absolute atomic E-state index is 0.671. The zero-order chi connectivity index (χ0) is 11.7. The summed E-state index contributed by atoms with van der Waals surface area (Å²) in [5, 5.41) is 3.72. The zero-order valence-corrected chi connectivity index (χ0v) is 10.7. The molecule has 17 heavy (non-hydrogen) atoms. The summed E-state index contributed by atoms with van der Waals surface area (Å²) in [7, 11) is 0. The second-order valence-electron chi connectivity index (χ2n) is 5.34. The average molecular weight is 230 g/mol. The summed E-state index contributed by atoms with van der Waals surface area (Å²) >= 11 is 0. The first kappa shape index (κ1) is 11.1. The number of benzene rings is 1. The van der Waals surface area contributed by atoms with E-state index in [1.54, 1.807) is 0 Å². The Morgan fingerprint density at radius 2 is 2.00 bits per heavy atom. The molecule has 1 N–H and O–H groups in total. The summed E-state index contributed by atoms with van der Waals surface area (Å²) in [6.07, 6.45) is 5.20. The fraction of sp³-hybridized carbons (Fsp3) is 0.600. The molecule has 0 spiro atoms. The van der Waals surface area contributed by atoms with Gasteiger partial charge in [0.2, 0.25) is 0 Å². The summed E-state index contributed by atoms with van der Waals surface area (Å²) in [5.74, 6) is 0. The Bertz CT molecular complexity index is 371. The summed E-state index contributed by atoms with van der Waals surface area (Å²) in [6.45, 7) is 4.81. The van der Waals surface area contributed by atoms with E-state index in [-0.39, 0.29) is 0 Å². The van der Waals surface area contributed by atoms with Crippen LogP contribution in [0.1, 0.15) is 31.7 Å². The van der Waals surface area contributed by atoms with Crippen LogP contribution in [0.2, 0.25) is 0 Å². The van der Waals surface area contributed by atoms with E-state index in [9.17, 15) is 0 Å². The summed E-state index contributed by atoms with van der Waals surface area (Å²) < 4.78 is 0. The van der Waals surface area contributed by atoms with E-state index in [4.69, 9.17) is 0 Å². The molecule has 2 heteroatoms. The fourth-order valence-electron chi connectivity index (χ4n) is 3.30. The molecule has 3 rings (SSSR count). The maximum Gasteiger partial charge on any atom is 0.0429 e. The van der Waals surface area contributed by atoms with Crippen LogP contribution >= 0.6 is 0 Å². The van der Waals surface area contributed by atoms with Crippen LogP contribution in [0.4, 0.5) is 5.69 Å². The van der Waals surface area contributed by atoms with Crippen LogP contribution in [0.5, 0.6) is 0 Å². The van der Waals surface area contributed by atoms with Gasteiger partial charge in [-0.3, -0.25) is 4.90 Å². The Balaban J connectivity index is 1.66. The van der Waals surface area contributed by atoms with E-state index in [0.717, 1.165) is 12.5 Å². The number of nitrogens with zero attached hydrogens (tertiary/aromatic N) is 1. The van der Waals surface area contributed by atoms with E-state index in [1.807, 2.05) is 0 Å². The number of nitrogens with one attached hydrogen (secondary N) is 1. The van der Waals surface area contributed by atoms with Crippen molar-refractivity contribution in [3.63, 3.8) is 0 Å². The summed E-state index contributed by atoms with van der Waals surface area (Å²) in [4.78, 5) is 2.65. The number of anilines is 1. The van der Waals surface area contributed by atoms with Gasteiger partial charge in [-0.05, 0) is 49.9 Å². The Labute approximate surface area is 104 Å². The van der Waals surface area contributed by atoms with Crippen LogP contribution in [0.15, 0.2) is 24.3 Å². The first-order valence-corrected chi connectivity index (χ1v) is 6.96. The minimum atomic E-state index is 0.671. The molecule has 1 aromatic carbocycles. The monoisotopic (exact) mass is 230 g/mol. The predicted octanol–water partition coefficient (Wildman–Crippen LogP) is 2.90. The van der Waals surface area contributed by atoms with Gasteiger partial charge in [0.25, 0.3) is 0 Å². The van der Waals surface area contributed by atoms with Crippen LogP contribution < -0.4 is 5.32 Å². The van der Waals surface area contributed by atoms with Crippen LogP contribution in [0, 0.1) is 0 Å². The Hall–Kier alpha value is -1.02. The van der Waals surface area contributed by atoms with Crippen LogP contribution in [0.25, 0.3) is 0 Å². The molecule has 0 radical (unpaired) electrons. The van der Waals surface area contributed by atoms with Crippen molar-refractivity contribution in [3.8, 4) is 0 Å². The van der Waals surface area contributed by atoms with Crippen LogP contribution in [0.3, 0.4) is 0 Å². The lowest BCUT2D eigenvalue weighted by atomic mass is 10.1. The SMILES string of the molecule is CCc1ccc(NC2CCN3CCCC23)cc1. The van der Waals surface area contributed by atoms with Crippen molar-refractivity contribution in [2.45, 2.75) is 44.7 Å². The Morgan fingerprint density at radius 1 is 1.18 bits per heavy atom. The quantitative estimate of drug-likeness (QED) is 0.859. The predicted molar refractivity (Wildman–Crippen MR) is 72.4 cm³/mol. The molecule has 2 saturated heterocycles. The van der Waals surface area contributed by atoms with Gasteiger partial charge in [0.1, 0.15) is 0 Å². The van der Waals surface area contributed by atoms with Crippen molar-refractivity contribution in [1.29, 1.82) is 0 Å². The van der Waals surface area contributed by atoms with E-state index in [2.05, 4.69) is 41.4 Å². The summed E-state index contributed by atoms with van der Waals surface area (Å²) in [5.41, 5.74) is 2.71. The Morgan fingerprint density at radius 3 is 2.76 bits per heavy atom. The van der Waals surface area contributed by atoms with E-state index >= 15 is 0 Å². The molecule has 92 valence electrons. The van der Waals surface area contributed by atoms with Crippen molar-refractivity contribution in [1.82, 2.24) is 4.90 Å². The van der Waals surface area contributed by atoms with E-state index in [1.165, 1.54) is 43.6 Å². The molecule has 0 bridgehead atoms. The number of fused-ring (bicyclic) bond motifs is 1. The normalized spacial score (nSPS) is 28.3. The maximum absolute atomic E-state index is 3.72. The van der Waals surface area contributed by atoms with Crippen LogP contribution in [-0.2, 0) is 6.42 Å². The largest absolute Gasteiger partial charge is 0.381 e. The van der Waals surface area contributed by atoms with Gasteiger partial charge in [0, 0.05) is 24.3 Å². The molecule has 1 aromatic rings. The lowest BCUT2D eigenvalue weighted by molar-refractivity contribution is 0.318. The maximum atomic E-state index is 3.72. The third kappa shape index (κ3) is 2.19. The highest BCUT2D eigenvalue weighted by molar-refractivity contribution is 5.46. The number of aryl methyl sites for hydroxylation is 1. The highest BCUT2D eigenvalue weighted by Gasteiger charge is 2.36. The van der Waals surface area contributed by atoms with Gasteiger partial charge in [-0.1, -0.05) is 19.1 Å². The lowest BCUT2D eigenvalue weighted by Crippen LogP contribution is -2.33. The van der Waals surface area contributed by atoms with Gasteiger partial charge in [0.15, 0.2) is 0 Å². The molecular formula is C15H22N2. The molecule has 2 aliphatic rings. The number of rotatable bonds is 3. The van der Waals surface area contributed by atoms with Crippen molar-refractivity contribution in [2.24, 2.45) is 0 Å². The number of hydrogen-bond donors (Lipinski definition) is 1. The highest BCUT2D eigenvalue weighted by atomic mass is 15.2. The molecular weight excluding hydrogens is 208 g/mol. The number of hydrogen-bond acceptors (Lipinski definition) is 2. The second-order valence-corrected chi connectivity index (χ2v) is 5.34. The molecule has 0 amide bonds. The van der Waals surface area contributed by atoms with Gasteiger partial charge in [-0.25, -0.2) is 0 Å². The minimum Gasteiger partial charge on any atom is -0.381 e. The zero-order valence-electron chi connectivity index (χ0n) is 10.7. The second kappa shape index (κ2) is 4.69. The molecule has 0 aromatic heterocycles. The first-order chi connectivity index (χ1) is 8.36. The van der Waals surface area contributed by atoms with E-state index in [0.29, 0.717) is 6.04 Å². The standard InChI is InChI=1S/C15H22N2/c1-2-12-5-7-13(8-6-12)16-14-9-11-17-10-3-4-15(14)17/h5-8,14-16H,2-4,9-11H2,1H3. The molecule has 2 aliphatic heterocycles. The van der Waals surface area contributed by atoms with Gasteiger partial charge in [-0.15, -0.1) is 0 Å². The molecule has 2 heterocycles. The smallest absolute Gasteiger partial charge is 0.0429 e. The molecule has 2 nitrogen and oxygen atoms in total. The van der Waals surface area contributed by atoms with Crippen molar-refractivity contribution in [2.75, 3.05) is 18.4 Å². The third-order valence-electron chi connectivity index (χ3n) is 4.32. The molecule has 0 saturated carbocycles. The van der Waals surface area contributed by atoms with Gasteiger partial charge in [-0.2, -0.15) is 0 Å². The lowest BCUT2D eigenvalue weighted by Gasteiger charge is -2.22. The molecule has 0 aliphatic carbocycles. The van der Waals surface area contributed by atoms with Crippen molar-refractivity contribution < 1.29 is 0 Å². The molecule has 2 atom stereocenters. The topological polar surface area (TPSA) is 15.3 Å². The van der Waals surface area contributed by atoms with Crippen LogP contribution in [-0.4, -0.2) is 30.1 Å². The molecule has 2 unspecified atom stereocenters. The molecule has 2 fully saturated rings. The van der Waals surface area contributed by atoms with Crippen molar-refractivity contribution >= 4 is 5.69 Å². The van der Waals surface area contributed by atoms with Gasteiger partial charge >= 0.3 is 0 Å². The average Bonchev–Trinajstić information content (AvgIpc) is 2.95. The van der Waals surface area contributed by atoms with Gasteiger partial charge in [0.05, 0.1) is 0 Å². The Kier molecular flexibility index (Phi) is 3.06. The third-order valence-corrected chi connectivity index (χ3v) is 4.32. The fourth-order valence-corrected chi connectivity index (χ4v) is 3.30. The first-order valence-electron chi connectivity index (χ1n) is 6.96. The highest BCUT2D eigenvalue weighted by Crippen LogP contribution is 2.30. The van der Waals surface area contributed by atoms with Crippen molar-refractivity contribution in [3.05, 3.63) is 29.8 Å². The summed E-state index contributed by atoms with van der Waals surface area (Å²) in [6, 6.07) is 10.4. The van der Waals surface area contributed by atoms with E-state index < -0.39 is 0 Å².